The number of nitrogens with zero attached hydrogens (tertiary/aromatic N) is 2. The third-order valence-electron chi connectivity index (χ3n) is 4.41. The Bertz CT molecular complexity index is 741. The molecule has 0 atom stereocenters. The minimum atomic E-state index is -0.877. The van der Waals surface area contributed by atoms with Gasteiger partial charge in [0.2, 0.25) is 0 Å². The van der Waals surface area contributed by atoms with E-state index in [0.717, 1.165) is 30.2 Å². The molecule has 1 aliphatic heterocycles. The molecule has 6 nitrogen and oxygen atoms in total. The van der Waals surface area contributed by atoms with Crippen molar-refractivity contribution in [2.45, 2.75) is 25.7 Å². The molecular formula is C19H24N2O4S. The summed E-state index contributed by atoms with van der Waals surface area (Å²) < 4.78 is 11.4. The molecule has 0 amide bonds. The van der Waals surface area contributed by atoms with Crippen LogP contribution >= 0.6 is 11.3 Å². The Kier molecular flexibility index (Phi) is 6.46. The average Bonchev–Trinajstić information content (AvgIpc) is 3.10. The van der Waals surface area contributed by atoms with Gasteiger partial charge in [0.25, 0.3) is 0 Å². The lowest BCUT2D eigenvalue weighted by Gasteiger charge is -2.26. The molecule has 0 aliphatic carbocycles. The van der Waals surface area contributed by atoms with Crippen molar-refractivity contribution in [3.63, 3.8) is 0 Å². The van der Waals surface area contributed by atoms with E-state index in [1.807, 2.05) is 18.2 Å². The zero-order chi connectivity index (χ0) is 18.4. The second-order valence-electron chi connectivity index (χ2n) is 6.33. The van der Waals surface area contributed by atoms with E-state index < -0.39 is 5.97 Å². The SMILES string of the molecule is COc1ccc(-c2nc(CC(=O)O)cs2)cc1OCCN1CCCCC1. The van der Waals surface area contributed by atoms with Crippen LogP contribution in [-0.2, 0) is 11.2 Å². The molecule has 3 rings (SSSR count). The van der Waals surface area contributed by atoms with Crippen LogP contribution in [0.25, 0.3) is 10.6 Å². The highest BCUT2D eigenvalue weighted by Gasteiger charge is 2.13. The van der Waals surface area contributed by atoms with Crippen LogP contribution in [0.2, 0.25) is 0 Å². The fourth-order valence-corrected chi connectivity index (χ4v) is 3.88. The summed E-state index contributed by atoms with van der Waals surface area (Å²) in [5, 5.41) is 11.5. The van der Waals surface area contributed by atoms with Crippen molar-refractivity contribution < 1.29 is 19.4 Å². The molecule has 0 radical (unpaired) electrons. The van der Waals surface area contributed by atoms with Crippen LogP contribution in [0.1, 0.15) is 25.0 Å². The fraction of sp³-hybridized carbons (Fsp3) is 0.474. The zero-order valence-electron chi connectivity index (χ0n) is 14.9. The number of likely N-dealkylation sites (tertiary alicyclic amines) is 1. The van der Waals surface area contributed by atoms with Crippen LogP contribution in [0, 0.1) is 0 Å². The van der Waals surface area contributed by atoms with Crippen LogP contribution in [0.3, 0.4) is 0 Å². The lowest BCUT2D eigenvalue weighted by atomic mass is 10.1. The molecule has 0 bridgehead atoms. The Balaban J connectivity index is 1.67. The number of carbonyl (C=O) groups is 1. The fourth-order valence-electron chi connectivity index (χ4n) is 3.07. The van der Waals surface area contributed by atoms with E-state index in [0.29, 0.717) is 23.8 Å². The van der Waals surface area contributed by atoms with Gasteiger partial charge in [0.05, 0.1) is 19.2 Å². The van der Waals surface area contributed by atoms with E-state index in [1.165, 1.54) is 30.6 Å². The third-order valence-corrected chi connectivity index (χ3v) is 5.35. The second-order valence-corrected chi connectivity index (χ2v) is 7.19. The normalized spacial score (nSPS) is 15.0. The molecule has 26 heavy (non-hydrogen) atoms. The summed E-state index contributed by atoms with van der Waals surface area (Å²) in [5.41, 5.74) is 1.47. The van der Waals surface area contributed by atoms with Crippen molar-refractivity contribution in [3.8, 4) is 22.1 Å². The first-order valence-corrected chi connectivity index (χ1v) is 9.73. The summed E-state index contributed by atoms with van der Waals surface area (Å²) in [6.45, 7) is 3.81. The Hall–Kier alpha value is -2.12. The monoisotopic (exact) mass is 376 g/mol. The number of ether oxygens (including phenoxy) is 2. The Morgan fingerprint density at radius 2 is 2.08 bits per heavy atom. The summed E-state index contributed by atoms with van der Waals surface area (Å²) in [6.07, 6.45) is 3.79. The van der Waals surface area contributed by atoms with Gasteiger partial charge in [0.15, 0.2) is 11.5 Å². The summed E-state index contributed by atoms with van der Waals surface area (Å²) in [5.74, 6) is 0.505. The molecule has 1 aromatic carbocycles. The van der Waals surface area contributed by atoms with Crippen LogP contribution in [0.5, 0.6) is 11.5 Å². The van der Waals surface area contributed by atoms with Crippen LogP contribution in [-0.4, -0.2) is 54.3 Å². The standard InChI is InChI=1S/C19H24N2O4S/c1-24-16-6-5-14(19-20-15(13-26-19)12-18(22)23)11-17(16)25-10-9-21-7-3-2-4-8-21/h5-6,11,13H,2-4,7-10,12H2,1H3,(H,22,23). The van der Waals surface area contributed by atoms with E-state index in [-0.39, 0.29) is 6.42 Å². The number of hydrogen-bond donors (Lipinski definition) is 1. The number of carboxylic acid groups (broad SMARTS) is 1. The zero-order valence-corrected chi connectivity index (χ0v) is 15.8. The second kappa shape index (κ2) is 9.00. The van der Waals surface area contributed by atoms with Crippen LogP contribution in [0.4, 0.5) is 0 Å². The van der Waals surface area contributed by atoms with Gasteiger partial charge in [-0.05, 0) is 44.1 Å². The van der Waals surface area contributed by atoms with Crippen molar-refractivity contribution in [1.29, 1.82) is 0 Å². The molecule has 7 heteroatoms. The van der Waals surface area contributed by atoms with Crippen molar-refractivity contribution >= 4 is 17.3 Å². The number of thiazole rings is 1. The largest absolute Gasteiger partial charge is 0.493 e. The maximum atomic E-state index is 10.8. The number of piperidine rings is 1. The quantitative estimate of drug-likeness (QED) is 0.762. The minimum absolute atomic E-state index is 0.0636. The van der Waals surface area contributed by atoms with Crippen LogP contribution in [0.15, 0.2) is 23.6 Å². The molecule has 140 valence electrons. The van der Waals surface area contributed by atoms with E-state index in [9.17, 15) is 4.79 Å². The van der Waals surface area contributed by atoms with Gasteiger partial charge in [-0.1, -0.05) is 6.42 Å². The Labute approximate surface area is 157 Å². The average molecular weight is 376 g/mol. The van der Waals surface area contributed by atoms with Crippen molar-refractivity contribution in [3.05, 3.63) is 29.3 Å². The highest BCUT2D eigenvalue weighted by molar-refractivity contribution is 7.13. The van der Waals surface area contributed by atoms with Gasteiger partial charge in [-0.25, -0.2) is 4.98 Å². The third kappa shape index (κ3) is 4.95. The first-order chi connectivity index (χ1) is 12.7. The van der Waals surface area contributed by atoms with E-state index in [1.54, 1.807) is 12.5 Å². The van der Waals surface area contributed by atoms with Gasteiger partial charge in [0.1, 0.15) is 11.6 Å². The van der Waals surface area contributed by atoms with E-state index in [4.69, 9.17) is 14.6 Å². The number of benzene rings is 1. The molecule has 1 fully saturated rings. The first-order valence-electron chi connectivity index (χ1n) is 8.85. The minimum Gasteiger partial charge on any atom is -0.493 e. The smallest absolute Gasteiger partial charge is 0.309 e. The number of aliphatic carboxylic acids is 1. The number of hydrogen-bond acceptors (Lipinski definition) is 6. The molecular weight excluding hydrogens is 352 g/mol. The predicted molar refractivity (Wildman–Crippen MR) is 101 cm³/mol. The number of aromatic nitrogens is 1. The molecule has 1 N–H and O–H groups in total. The van der Waals surface area contributed by atoms with Crippen molar-refractivity contribution in [2.75, 3.05) is 33.4 Å². The lowest BCUT2D eigenvalue weighted by molar-refractivity contribution is -0.136. The molecule has 1 saturated heterocycles. The molecule has 2 aromatic rings. The van der Waals surface area contributed by atoms with Crippen LogP contribution < -0.4 is 9.47 Å². The van der Waals surface area contributed by atoms with Gasteiger partial charge in [0, 0.05) is 17.5 Å². The van der Waals surface area contributed by atoms with Gasteiger partial charge >= 0.3 is 5.97 Å². The van der Waals surface area contributed by atoms with E-state index in [2.05, 4.69) is 9.88 Å². The number of carboxylic acids is 1. The molecule has 1 aromatic heterocycles. The molecule has 0 saturated carbocycles. The molecule has 0 spiro atoms. The molecule has 2 heterocycles. The molecule has 1 aliphatic rings. The maximum absolute atomic E-state index is 10.8. The Morgan fingerprint density at radius 1 is 1.27 bits per heavy atom. The van der Waals surface area contributed by atoms with Gasteiger partial charge in [-0.2, -0.15) is 0 Å². The summed E-state index contributed by atoms with van der Waals surface area (Å²) >= 11 is 1.43. The van der Waals surface area contributed by atoms with Gasteiger partial charge in [-0.15, -0.1) is 11.3 Å². The highest BCUT2D eigenvalue weighted by atomic mass is 32.1. The topological polar surface area (TPSA) is 71.9 Å². The maximum Gasteiger partial charge on any atom is 0.309 e. The molecule has 0 unspecified atom stereocenters. The lowest BCUT2D eigenvalue weighted by Crippen LogP contribution is -2.33. The van der Waals surface area contributed by atoms with E-state index >= 15 is 0 Å². The number of rotatable bonds is 8. The summed E-state index contributed by atoms with van der Waals surface area (Å²) in [7, 11) is 1.63. The number of methoxy groups -OCH3 is 1. The van der Waals surface area contributed by atoms with Crippen molar-refractivity contribution in [1.82, 2.24) is 9.88 Å². The van der Waals surface area contributed by atoms with Gasteiger partial charge in [-0.3, -0.25) is 9.69 Å². The van der Waals surface area contributed by atoms with Crippen molar-refractivity contribution in [2.24, 2.45) is 0 Å². The van der Waals surface area contributed by atoms with Gasteiger partial charge < -0.3 is 14.6 Å². The Morgan fingerprint density at radius 3 is 2.81 bits per heavy atom. The predicted octanol–water partition coefficient (Wildman–Crippen LogP) is 3.31. The highest BCUT2D eigenvalue weighted by Crippen LogP contribution is 2.34. The summed E-state index contributed by atoms with van der Waals surface area (Å²) in [4.78, 5) is 17.7. The summed E-state index contributed by atoms with van der Waals surface area (Å²) in [6, 6.07) is 5.70. The first kappa shape index (κ1) is 18.7.